The number of benzene rings is 2. The number of nitrogens with zero attached hydrogens (tertiary/aromatic N) is 4. The molecular weight excluding hydrogens is 535 g/mol. The SMILES string of the molecule is N#Cc1cc(NC(=O)CN2CCC(Oc3ccnc(Cc4ccc(Cl)cc4)n3)CC2)c(NCC2CCO2)cc1F. The van der Waals surface area contributed by atoms with Gasteiger partial charge in [0.1, 0.15) is 23.8 Å². The average Bonchev–Trinajstić information content (AvgIpc) is 2.92. The number of nitriles is 1. The molecule has 5 rings (SSSR count). The zero-order chi connectivity index (χ0) is 27.9. The number of aromatic nitrogens is 2. The maximum atomic E-state index is 14.2. The maximum absolute atomic E-state index is 14.2. The van der Waals surface area contributed by atoms with Crippen molar-refractivity contribution in [2.24, 2.45) is 0 Å². The number of halogens is 2. The Kier molecular flexibility index (Phi) is 9.06. The summed E-state index contributed by atoms with van der Waals surface area (Å²) in [6, 6.07) is 13.8. The third-order valence-corrected chi connectivity index (χ3v) is 7.21. The number of carbonyl (C=O) groups is 1. The van der Waals surface area contributed by atoms with Gasteiger partial charge in [-0.25, -0.2) is 9.37 Å². The summed E-state index contributed by atoms with van der Waals surface area (Å²) in [4.78, 5) is 23.8. The number of anilines is 2. The first-order valence-electron chi connectivity index (χ1n) is 13.3. The second-order valence-electron chi connectivity index (χ2n) is 9.91. The lowest BCUT2D eigenvalue weighted by Crippen LogP contribution is -2.42. The lowest BCUT2D eigenvalue weighted by molar-refractivity contribution is -0.117. The second kappa shape index (κ2) is 13.0. The van der Waals surface area contributed by atoms with Crippen molar-refractivity contribution in [2.75, 3.05) is 43.4 Å². The Labute approximate surface area is 237 Å². The van der Waals surface area contributed by atoms with Gasteiger partial charge in [-0.2, -0.15) is 10.2 Å². The molecule has 1 amide bonds. The van der Waals surface area contributed by atoms with Crippen molar-refractivity contribution in [3.05, 3.63) is 76.5 Å². The quantitative estimate of drug-likeness (QED) is 0.372. The van der Waals surface area contributed by atoms with Crippen LogP contribution >= 0.6 is 11.6 Å². The predicted octanol–water partition coefficient (Wildman–Crippen LogP) is 4.41. The number of likely N-dealkylation sites (tertiary alicyclic amines) is 1. The smallest absolute Gasteiger partial charge is 0.238 e. The molecule has 3 aromatic rings. The van der Waals surface area contributed by atoms with Crippen LogP contribution in [0.3, 0.4) is 0 Å². The van der Waals surface area contributed by atoms with E-state index in [1.807, 2.05) is 35.2 Å². The molecule has 2 saturated heterocycles. The Bertz CT molecular complexity index is 1370. The van der Waals surface area contributed by atoms with Crippen LogP contribution in [0.5, 0.6) is 5.88 Å². The number of piperidine rings is 1. The normalized spacial score (nSPS) is 17.5. The highest BCUT2D eigenvalue weighted by molar-refractivity contribution is 6.30. The summed E-state index contributed by atoms with van der Waals surface area (Å²) in [5.74, 6) is 0.330. The molecule has 2 N–H and O–H groups in total. The molecule has 11 heteroatoms. The Morgan fingerprint density at radius 1 is 1.18 bits per heavy atom. The molecule has 1 atom stereocenters. The molecule has 3 heterocycles. The van der Waals surface area contributed by atoms with Gasteiger partial charge in [0.25, 0.3) is 0 Å². The van der Waals surface area contributed by atoms with Crippen LogP contribution in [0.1, 0.15) is 36.2 Å². The van der Waals surface area contributed by atoms with Gasteiger partial charge < -0.3 is 20.1 Å². The fourth-order valence-electron chi connectivity index (χ4n) is 4.64. The zero-order valence-electron chi connectivity index (χ0n) is 21.9. The molecule has 1 aromatic heterocycles. The molecule has 1 unspecified atom stereocenters. The van der Waals surface area contributed by atoms with E-state index in [2.05, 4.69) is 20.6 Å². The number of nitrogens with one attached hydrogen (secondary N) is 2. The van der Waals surface area contributed by atoms with Gasteiger partial charge in [-0.05, 0) is 43.0 Å². The maximum Gasteiger partial charge on any atom is 0.238 e. The van der Waals surface area contributed by atoms with Crippen LogP contribution in [0.2, 0.25) is 5.02 Å². The van der Waals surface area contributed by atoms with E-state index in [0.29, 0.717) is 60.8 Å². The van der Waals surface area contributed by atoms with E-state index < -0.39 is 5.82 Å². The van der Waals surface area contributed by atoms with E-state index in [4.69, 9.17) is 21.1 Å². The van der Waals surface area contributed by atoms with Crippen LogP contribution in [0.25, 0.3) is 0 Å². The molecule has 40 heavy (non-hydrogen) atoms. The standard InChI is InChI=1S/C29H30ClFN6O3/c30-21-3-1-19(2-4-21)13-27-33-9-5-29(36-27)40-22-6-10-37(11-7-22)18-28(38)35-26-14-20(16-32)24(31)15-25(26)34-17-23-8-12-39-23/h1-5,9,14-15,22-23,34H,6-8,10-13,17-18H2,(H,35,38). The van der Waals surface area contributed by atoms with Gasteiger partial charge in [0.2, 0.25) is 11.8 Å². The van der Waals surface area contributed by atoms with Gasteiger partial charge in [-0.15, -0.1) is 0 Å². The number of hydrogen-bond acceptors (Lipinski definition) is 8. The summed E-state index contributed by atoms with van der Waals surface area (Å²) < 4.78 is 25.8. The second-order valence-corrected chi connectivity index (χ2v) is 10.3. The van der Waals surface area contributed by atoms with Gasteiger partial charge >= 0.3 is 0 Å². The number of hydrogen-bond donors (Lipinski definition) is 2. The third kappa shape index (κ3) is 7.45. The largest absolute Gasteiger partial charge is 0.474 e. The minimum atomic E-state index is -0.639. The van der Waals surface area contributed by atoms with Gasteiger partial charge in [0.15, 0.2) is 0 Å². The van der Waals surface area contributed by atoms with Crippen molar-refractivity contribution in [2.45, 2.75) is 37.9 Å². The molecule has 0 bridgehead atoms. The zero-order valence-corrected chi connectivity index (χ0v) is 22.7. The van der Waals surface area contributed by atoms with E-state index in [0.717, 1.165) is 24.8 Å². The van der Waals surface area contributed by atoms with E-state index in [1.54, 1.807) is 12.3 Å². The Morgan fingerprint density at radius 3 is 2.65 bits per heavy atom. The van der Waals surface area contributed by atoms with Crippen LogP contribution in [0.4, 0.5) is 15.8 Å². The van der Waals surface area contributed by atoms with E-state index in [9.17, 15) is 14.4 Å². The van der Waals surface area contributed by atoms with E-state index in [-0.39, 0.29) is 30.2 Å². The minimum absolute atomic E-state index is 0.0163. The summed E-state index contributed by atoms with van der Waals surface area (Å²) in [5.41, 5.74) is 1.74. The van der Waals surface area contributed by atoms with Gasteiger partial charge in [0.05, 0.1) is 29.6 Å². The fraction of sp³-hybridized carbons (Fsp3) is 0.379. The third-order valence-electron chi connectivity index (χ3n) is 6.96. The molecule has 2 aromatic carbocycles. The van der Waals surface area contributed by atoms with Crippen molar-refractivity contribution in [1.29, 1.82) is 5.26 Å². The Hall–Kier alpha value is -3.78. The molecule has 208 valence electrons. The topological polar surface area (TPSA) is 112 Å². The van der Waals surface area contributed by atoms with Gasteiger partial charge in [-0.1, -0.05) is 23.7 Å². The molecule has 2 fully saturated rings. The molecule has 0 saturated carbocycles. The van der Waals surface area contributed by atoms with Crippen LogP contribution in [0.15, 0.2) is 48.7 Å². The van der Waals surface area contributed by atoms with Crippen molar-refractivity contribution in [3.63, 3.8) is 0 Å². The average molecular weight is 565 g/mol. The fourth-order valence-corrected chi connectivity index (χ4v) is 4.77. The number of ether oxygens (including phenoxy) is 2. The van der Waals surface area contributed by atoms with Crippen LogP contribution in [-0.2, 0) is 16.0 Å². The molecule has 0 radical (unpaired) electrons. The summed E-state index contributed by atoms with van der Waals surface area (Å²) in [6.45, 7) is 2.74. The monoisotopic (exact) mass is 564 g/mol. The number of amides is 1. The van der Waals surface area contributed by atoms with Crippen LogP contribution in [0, 0.1) is 17.1 Å². The highest BCUT2D eigenvalue weighted by Crippen LogP contribution is 2.27. The Morgan fingerprint density at radius 2 is 1.95 bits per heavy atom. The predicted molar refractivity (Wildman–Crippen MR) is 149 cm³/mol. The lowest BCUT2D eigenvalue weighted by atomic mass is 10.1. The molecular formula is C29H30ClFN6O3. The molecule has 0 spiro atoms. The van der Waals surface area contributed by atoms with Crippen molar-refractivity contribution in [1.82, 2.24) is 14.9 Å². The lowest BCUT2D eigenvalue weighted by Gasteiger charge is -2.31. The summed E-state index contributed by atoms with van der Waals surface area (Å²) in [5, 5.41) is 15.9. The first-order chi connectivity index (χ1) is 19.4. The summed E-state index contributed by atoms with van der Waals surface area (Å²) in [7, 11) is 0. The minimum Gasteiger partial charge on any atom is -0.474 e. The molecule has 0 aliphatic carbocycles. The van der Waals surface area contributed by atoms with Crippen LogP contribution in [-0.4, -0.2) is 65.8 Å². The Balaban J connectivity index is 1.11. The number of rotatable bonds is 10. The summed E-state index contributed by atoms with van der Waals surface area (Å²) >= 11 is 5.97. The highest BCUT2D eigenvalue weighted by Gasteiger charge is 2.24. The first kappa shape index (κ1) is 27.8. The molecule has 9 nitrogen and oxygen atoms in total. The summed E-state index contributed by atoms with van der Waals surface area (Å²) in [6.07, 6.45) is 4.73. The highest BCUT2D eigenvalue weighted by atomic mass is 35.5. The molecule has 2 aliphatic rings. The molecule has 2 aliphatic heterocycles. The van der Waals surface area contributed by atoms with Gasteiger partial charge in [0, 0.05) is 56.0 Å². The van der Waals surface area contributed by atoms with E-state index in [1.165, 1.54) is 12.1 Å². The first-order valence-corrected chi connectivity index (χ1v) is 13.7. The van der Waals surface area contributed by atoms with Crippen LogP contribution < -0.4 is 15.4 Å². The van der Waals surface area contributed by atoms with Crippen molar-refractivity contribution < 1.29 is 18.7 Å². The van der Waals surface area contributed by atoms with E-state index >= 15 is 0 Å². The van der Waals surface area contributed by atoms with Gasteiger partial charge in [-0.3, -0.25) is 9.69 Å². The van der Waals surface area contributed by atoms with Crippen molar-refractivity contribution >= 4 is 28.9 Å². The number of carbonyl (C=O) groups excluding carboxylic acids is 1. The van der Waals surface area contributed by atoms with Crippen molar-refractivity contribution in [3.8, 4) is 11.9 Å².